The first-order chi connectivity index (χ1) is 8.88. The summed E-state index contributed by atoms with van der Waals surface area (Å²) in [6, 6.07) is 5.30. The Balaban J connectivity index is 2.90. The van der Waals surface area contributed by atoms with E-state index in [2.05, 4.69) is 5.32 Å². The van der Waals surface area contributed by atoms with Crippen molar-refractivity contribution in [3.05, 3.63) is 41.0 Å². The van der Waals surface area contributed by atoms with Crippen molar-refractivity contribution in [2.24, 2.45) is 5.92 Å². The van der Waals surface area contributed by atoms with E-state index in [0.29, 0.717) is 23.6 Å². The van der Waals surface area contributed by atoms with Crippen LogP contribution >= 0.6 is 0 Å². The van der Waals surface area contributed by atoms with Crippen molar-refractivity contribution < 1.29 is 14.7 Å². The first-order valence-corrected chi connectivity index (χ1v) is 6.19. The zero-order chi connectivity index (χ0) is 14.4. The number of carboxylic acid groups (broad SMARTS) is 1. The number of carboxylic acids is 1. The van der Waals surface area contributed by atoms with Gasteiger partial charge in [-0.05, 0) is 42.2 Å². The Bertz CT molecular complexity index is 504. The number of rotatable bonds is 5. The molecule has 0 atom stereocenters. The van der Waals surface area contributed by atoms with Gasteiger partial charge in [-0.1, -0.05) is 19.9 Å². The molecule has 0 saturated carbocycles. The van der Waals surface area contributed by atoms with Gasteiger partial charge in [0.25, 0.3) is 5.91 Å². The van der Waals surface area contributed by atoms with Gasteiger partial charge in [-0.2, -0.15) is 0 Å². The first-order valence-electron chi connectivity index (χ1n) is 6.19. The standard InChI is InChI=1S/C15H19NO3/c1-10(2)9-16-15(19)13-7-11(3)6-12(8-13)4-5-14(17)18/h4-8,10H,9H2,1-3H3,(H,16,19)(H,17,18)/b5-4+. The Morgan fingerprint density at radius 3 is 2.58 bits per heavy atom. The van der Waals surface area contributed by atoms with Crippen LogP contribution in [0.3, 0.4) is 0 Å². The second-order valence-corrected chi connectivity index (χ2v) is 4.91. The molecular weight excluding hydrogens is 242 g/mol. The molecule has 0 spiro atoms. The van der Waals surface area contributed by atoms with E-state index in [9.17, 15) is 9.59 Å². The van der Waals surface area contributed by atoms with Gasteiger partial charge in [0.2, 0.25) is 0 Å². The fraction of sp³-hybridized carbons (Fsp3) is 0.333. The van der Waals surface area contributed by atoms with Crippen molar-refractivity contribution in [3.63, 3.8) is 0 Å². The molecule has 0 bridgehead atoms. The van der Waals surface area contributed by atoms with Crippen molar-refractivity contribution in [2.75, 3.05) is 6.54 Å². The SMILES string of the molecule is Cc1cc(/C=C/C(=O)O)cc(C(=O)NCC(C)C)c1. The van der Waals surface area contributed by atoms with Gasteiger partial charge in [0, 0.05) is 18.2 Å². The molecule has 0 saturated heterocycles. The molecule has 0 unspecified atom stereocenters. The molecule has 4 heteroatoms. The molecule has 1 amide bonds. The minimum absolute atomic E-state index is 0.137. The molecule has 0 heterocycles. The predicted octanol–water partition coefficient (Wildman–Crippen LogP) is 2.48. The molecule has 0 aliphatic carbocycles. The topological polar surface area (TPSA) is 66.4 Å². The quantitative estimate of drug-likeness (QED) is 0.800. The summed E-state index contributed by atoms with van der Waals surface area (Å²) in [5.74, 6) is -0.755. The third kappa shape index (κ3) is 5.38. The Labute approximate surface area is 113 Å². The van der Waals surface area contributed by atoms with Gasteiger partial charge in [-0.15, -0.1) is 0 Å². The number of aryl methyl sites for hydroxylation is 1. The van der Waals surface area contributed by atoms with E-state index in [4.69, 9.17) is 5.11 Å². The fourth-order valence-corrected chi connectivity index (χ4v) is 1.61. The van der Waals surface area contributed by atoms with Crippen LogP contribution in [0.5, 0.6) is 0 Å². The van der Waals surface area contributed by atoms with Crippen molar-refractivity contribution >= 4 is 18.0 Å². The van der Waals surface area contributed by atoms with Gasteiger partial charge in [0.05, 0.1) is 0 Å². The summed E-state index contributed by atoms with van der Waals surface area (Å²) in [7, 11) is 0. The third-order valence-corrected chi connectivity index (χ3v) is 2.45. The summed E-state index contributed by atoms with van der Waals surface area (Å²) in [6.07, 6.45) is 2.54. The lowest BCUT2D eigenvalue weighted by molar-refractivity contribution is -0.131. The third-order valence-electron chi connectivity index (χ3n) is 2.45. The fourth-order valence-electron chi connectivity index (χ4n) is 1.61. The Morgan fingerprint density at radius 2 is 2.00 bits per heavy atom. The van der Waals surface area contributed by atoms with E-state index in [1.807, 2.05) is 26.8 Å². The minimum Gasteiger partial charge on any atom is -0.478 e. The predicted molar refractivity (Wildman–Crippen MR) is 75.0 cm³/mol. The number of carbonyl (C=O) groups is 2. The molecule has 1 rings (SSSR count). The first kappa shape index (κ1) is 15.0. The number of benzene rings is 1. The Hall–Kier alpha value is -2.10. The van der Waals surface area contributed by atoms with E-state index in [1.165, 1.54) is 6.08 Å². The van der Waals surface area contributed by atoms with E-state index in [-0.39, 0.29) is 5.91 Å². The van der Waals surface area contributed by atoms with E-state index < -0.39 is 5.97 Å². The van der Waals surface area contributed by atoms with Crippen LogP contribution in [0.1, 0.15) is 35.3 Å². The minimum atomic E-state index is -1.01. The normalized spacial score (nSPS) is 10.9. The lowest BCUT2D eigenvalue weighted by Crippen LogP contribution is -2.27. The summed E-state index contributed by atoms with van der Waals surface area (Å²) in [5, 5.41) is 11.4. The number of carbonyl (C=O) groups excluding carboxylic acids is 1. The van der Waals surface area contributed by atoms with E-state index >= 15 is 0 Å². The molecular formula is C15H19NO3. The summed E-state index contributed by atoms with van der Waals surface area (Å²) in [6.45, 7) is 6.54. The molecule has 0 fully saturated rings. The number of hydrogen-bond acceptors (Lipinski definition) is 2. The zero-order valence-corrected chi connectivity index (χ0v) is 11.4. The number of amides is 1. The average molecular weight is 261 g/mol. The second kappa shape index (κ2) is 6.73. The molecule has 4 nitrogen and oxygen atoms in total. The number of nitrogens with one attached hydrogen (secondary N) is 1. The van der Waals surface area contributed by atoms with Crippen molar-refractivity contribution in [2.45, 2.75) is 20.8 Å². The van der Waals surface area contributed by atoms with Crippen LogP contribution < -0.4 is 5.32 Å². The van der Waals surface area contributed by atoms with E-state index in [0.717, 1.165) is 11.6 Å². The molecule has 0 aliphatic rings. The van der Waals surface area contributed by atoms with Crippen molar-refractivity contribution in [1.82, 2.24) is 5.32 Å². The highest BCUT2D eigenvalue weighted by Crippen LogP contribution is 2.11. The van der Waals surface area contributed by atoms with Crippen molar-refractivity contribution in [3.8, 4) is 0 Å². The lowest BCUT2D eigenvalue weighted by atomic mass is 10.1. The average Bonchev–Trinajstić information content (AvgIpc) is 2.32. The molecule has 2 N–H and O–H groups in total. The lowest BCUT2D eigenvalue weighted by Gasteiger charge is -2.09. The maximum absolute atomic E-state index is 11.9. The Kier molecular flexibility index (Phi) is 5.30. The zero-order valence-electron chi connectivity index (χ0n) is 11.4. The molecule has 0 aliphatic heterocycles. The molecule has 0 aromatic heterocycles. The monoisotopic (exact) mass is 261 g/mol. The number of aliphatic carboxylic acids is 1. The largest absolute Gasteiger partial charge is 0.478 e. The summed E-state index contributed by atoms with van der Waals surface area (Å²) < 4.78 is 0. The summed E-state index contributed by atoms with van der Waals surface area (Å²) in [4.78, 5) is 22.4. The van der Waals surface area contributed by atoms with Crippen LogP contribution in [0.4, 0.5) is 0 Å². The number of hydrogen-bond donors (Lipinski definition) is 2. The molecule has 0 radical (unpaired) electrons. The highest BCUT2D eigenvalue weighted by Gasteiger charge is 2.07. The Morgan fingerprint density at radius 1 is 1.32 bits per heavy atom. The molecule has 102 valence electrons. The molecule has 1 aromatic rings. The van der Waals surface area contributed by atoms with Gasteiger partial charge in [0.1, 0.15) is 0 Å². The van der Waals surface area contributed by atoms with Crippen molar-refractivity contribution in [1.29, 1.82) is 0 Å². The summed E-state index contributed by atoms with van der Waals surface area (Å²) >= 11 is 0. The van der Waals surface area contributed by atoms with Crippen LogP contribution in [0, 0.1) is 12.8 Å². The second-order valence-electron chi connectivity index (χ2n) is 4.91. The summed E-state index contributed by atoms with van der Waals surface area (Å²) in [5.41, 5.74) is 2.17. The highest BCUT2D eigenvalue weighted by molar-refractivity contribution is 5.95. The van der Waals surface area contributed by atoms with Crippen LogP contribution in [0.2, 0.25) is 0 Å². The van der Waals surface area contributed by atoms with Gasteiger partial charge >= 0.3 is 5.97 Å². The maximum atomic E-state index is 11.9. The van der Waals surface area contributed by atoms with E-state index in [1.54, 1.807) is 12.1 Å². The smallest absolute Gasteiger partial charge is 0.328 e. The van der Waals surface area contributed by atoms with Gasteiger partial charge in [-0.25, -0.2) is 4.79 Å². The highest BCUT2D eigenvalue weighted by atomic mass is 16.4. The van der Waals surface area contributed by atoms with Gasteiger partial charge < -0.3 is 10.4 Å². The molecule has 1 aromatic carbocycles. The van der Waals surface area contributed by atoms with Crippen LogP contribution in [-0.2, 0) is 4.79 Å². The van der Waals surface area contributed by atoms with Crippen LogP contribution in [-0.4, -0.2) is 23.5 Å². The van der Waals surface area contributed by atoms with Gasteiger partial charge in [0.15, 0.2) is 0 Å². The van der Waals surface area contributed by atoms with Crippen LogP contribution in [0.25, 0.3) is 6.08 Å². The van der Waals surface area contributed by atoms with Gasteiger partial charge in [-0.3, -0.25) is 4.79 Å². The van der Waals surface area contributed by atoms with Crippen LogP contribution in [0.15, 0.2) is 24.3 Å². The maximum Gasteiger partial charge on any atom is 0.328 e. The molecule has 19 heavy (non-hydrogen) atoms.